The van der Waals surface area contributed by atoms with Crippen molar-refractivity contribution in [1.82, 2.24) is 10.2 Å². The van der Waals surface area contributed by atoms with E-state index in [2.05, 4.69) is 36.4 Å². The Morgan fingerprint density at radius 1 is 1.44 bits per heavy atom. The topological polar surface area (TPSA) is 15.3 Å². The predicted octanol–water partition coefficient (Wildman–Crippen LogP) is 2.39. The van der Waals surface area contributed by atoms with E-state index in [1.165, 1.54) is 25.0 Å². The maximum atomic E-state index is 3.93. The van der Waals surface area contributed by atoms with Crippen molar-refractivity contribution in [1.29, 1.82) is 0 Å². The van der Waals surface area contributed by atoms with Crippen LogP contribution in [0.3, 0.4) is 0 Å². The van der Waals surface area contributed by atoms with Gasteiger partial charge in [0.25, 0.3) is 0 Å². The Hall–Kier alpha value is -0.720. The highest BCUT2D eigenvalue weighted by Crippen LogP contribution is 2.47. The van der Waals surface area contributed by atoms with Gasteiger partial charge < -0.3 is 10.2 Å². The van der Waals surface area contributed by atoms with Crippen LogP contribution in [-0.4, -0.2) is 31.1 Å². The second-order valence-corrected chi connectivity index (χ2v) is 5.67. The summed E-state index contributed by atoms with van der Waals surface area (Å²) in [5.74, 6) is 0.858. The maximum absolute atomic E-state index is 3.93. The minimum atomic E-state index is 0.332. The number of allylic oxidation sites excluding steroid dienone is 1. The molecule has 2 aliphatic rings. The van der Waals surface area contributed by atoms with Gasteiger partial charge in [-0.3, -0.25) is 0 Å². The minimum Gasteiger partial charge on any atom is -0.366 e. The molecular weight excluding hydrogens is 196 g/mol. The summed E-state index contributed by atoms with van der Waals surface area (Å²) < 4.78 is 0. The van der Waals surface area contributed by atoms with Gasteiger partial charge in [0.05, 0.1) is 5.70 Å². The van der Waals surface area contributed by atoms with Gasteiger partial charge in [-0.15, -0.1) is 5.73 Å². The van der Waals surface area contributed by atoms with Crippen molar-refractivity contribution in [2.24, 2.45) is 11.3 Å². The zero-order valence-electron chi connectivity index (χ0n) is 10.7. The highest BCUT2D eigenvalue weighted by molar-refractivity contribution is 5.14. The van der Waals surface area contributed by atoms with Crippen LogP contribution in [0.2, 0.25) is 0 Å². The van der Waals surface area contributed by atoms with E-state index in [0.717, 1.165) is 32.1 Å². The van der Waals surface area contributed by atoms with Crippen LogP contribution in [0.1, 0.15) is 33.1 Å². The summed E-state index contributed by atoms with van der Waals surface area (Å²) in [7, 11) is 0. The van der Waals surface area contributed by atoms with Gasteiger partial charge in [-0.2, -0.15) is 0 Å². The number of rotatable bonds is 2. The minimum absolute atomic E-state index is 0.332. The van der Waals surface area contributed by atoms with Crippen molar-refractivity contribution in [2.45, 2.75) is 33.1 Å². The van der Waals surface area contributed by atoms with Gasteiger partial charge in [-0.1, -0.05) is 20.4 Å². The largest absolute Gasteiger partial charge is 0.366 e. The summed E-state index contributed by atoms with van der Waals surface area (Å²) in [6.07, 6.45) is 3.96. The van der Waals surface area contributed by atoms with Crippen molar-refractivity contribution in [2.75, 3.05) is 26.2 Å². The van der Waals surface area contributed by atoms with Crippen molar-refractivity contribution < 1.29 is 0 Å². The molecule has 0 aromatic heterocycles. The average molecular weight is 220 g/mol. The molecule has 0 spiro atoms. The van der Waals surface area contributed by atoms with Crippen LogP contribution in [0.15, 0.2) is 18.0 Å². The fourth-order valence-corrected chi connectivity index (χ4v) is 3.35. The second kappa shape index (κ2) is 4.65. The quantitative estimate of drug-likeness (QED) is 0.719. The molecule has 1 heterocycles. The number of piperazine rings is 1. The van der Waals surface area contributed by atoms with Gasteiger partial charge in [-0.25, -0.2) is 0 Å². The summed E-state index contributed by atoms with van der Waals surface area (Å²) in [4.78, 5) is 2.49. The Kier molecular flexibility index (Phi) is 3.41. The van der Waals surface area contributed by atoms with E-state index in [1.807, 2.05) is 0 Å². The molecule has 2 rings (SSSR count). The van der Waals surface area contributed by atoms with Crippen molar-refractivity contribution in [3.05, 3.63) is 18.0 Å². The normalized spacial score (nSPS) is 34.9. The second-order valence-electron chi connectivity index (χ2n) is 5.67. The molecular formula is C14H24N2. The lowest BCUT2D eigenvalue weighted by Crippen LogP contribution is -2.45. The molecule has 0 bridgehead atoms. The Bertz CT molecular complexity index is 298. The Morgan fingerprint density at radius 2 is 2.12 bits per heavy atom. The molecule has 2 fully saturated rings. The fraction of sp³-hybridized carbons (Fsp3) is 0.786. The van der Waals surface area contributed by atoms with E-state index in [9.17, 15) is 0 Å². The van der Waals surface area contributed by atoms with Gasteiger partial charge >= 0.3 is 0 Å². The molecule has 1 aliphatic carbocycles. The molecule has 1 N–H and O–H groups in total. The Morgan fingerprint density at radius 3 is 2.62 bits per heavy atom. The zero-order valence-corrected chi connectivity index (χ0v) is 10.7. The summed E-state index contributed by atoms with van der Waals surface area (Å²) >= 11 is 0. The first-order valence-corrected chi connectivity index (χ1v) is 6.52. The highest BCUT2D eigenvalue weighted by Gasteiger charge is 2.38. The molecule has 0 aromatic carbocycles. The lowest BCUT2D eigenvalue weighted by molar-refractivity contribution is 0.219. The fourth-order valence-electron chi connectivity index (χ4n) is 3.35. The van der Waals surface area contributed by atoms with Crippen LogP contribution >= 0.6 is 0 Å². The van der Waals surface area contributed by atoms with Crippen LogP contribution in [0.25, 0.3) is 0 Å². The van der Waals surface area contributed by atoms with Gasteiger partial charge in [0, 0.05) is 31.6 Å². The van der Waals surface area contributed by atoms with E-state index in [-0.39, 0.29) is 0 Å². The van der Waals surface area contributed by atoms with Crippen molar-refractivity contribution in [3.63, 3.8) is 0 Å². The zero-order chi connectivity index (χ0) is 11.6. The van der Waals surface area contributed by atoms with Gasteiger partial charge in [-0.05, 0) is 25.2 Å². The lowest BCUT2D eigenvalue weighted by Gasteiger charge is -2.38. The molecule has 2 unspecified atom stereocenters. The third kappa shape index (κ3) is 2.18. The molecule has 1 saturated carbocycles. The van der Waals surface area contributed by atoms with Crippen molar-refractivity contribution >= 4 is 0 Å². The summed E-state index contributed by atoms with van der Waals surface area (Å²) in [6, 6.07) is 0. The smallest absolute Gasteiger partial charge is 0.0618 e. The van der Waals surface area contributed by atoms with Gasteiger partial charge in [0.15, 0.2) is 0 Å². The molecule has 2 heteroatoms. The molecule has 2 atom stereocenters. The van der Waals surface area contributed by atoms with Crippen LogP contribution in [-0.2, 0) is 0 Å². The number of hydrogen-bond donors (Lipinski definition) is 1. The van der Waals surface area contributed by atoms with Crippen LogP contribution < -0.4 is 5.32 Å². The SMILES string of the molecule is C=C=C(N1CCNCC1)C1(C)CCC(C)C1. The number of hydrogen-bond acceptors (Lipinski definition) is 2. The first kappa shape index (κ1) is 11.8. The van der Waals surface area contributed by atoms with Crippen LogP contribution in [0, 0.1) is 11.3 Å². The van der Waals surface area contributed by atoms with Gasteiger partial charge in [0.1, 0.15) is 0 Å². The Labute approximate surface area is 99.4 Å². The standard InChI is InChI=1S/C14H24N2/c1-4-13(16-9-7-15-8-10-16)14(3)6-5-12(2)11-14/h12,15H,1,5-11H2,2-3H3. The van der Waals surface area contributed by atoms with E-state index < -0.39 is 0 Å². The van der Waals surface area contributed by atoms with E-state index in [0.29, 0.717) is 5.41 Å². The molecule has 0 radical (unpaired) electrons. The molecule has 90 valence electrons. The monoisotopic (exact) mass is 220 g/mol. The highest BCUT2D eigenvalue weighted by atomic mass is 15.2. The predicted molar refractivity (Wildman–Crippen MR) is 68.2 cm³/mol. The molecule has 1 aliphatic heterocycles. The third-order valence-electron chi connectivity index (χ3n) is 4.16. The lowest BCUT2D eigenvalue weighted by atomic mass is 9.83. The molecule has 16 heavy (non-hydrogen) atoms. The average Bonchev–Trinajstić information content (AvgIpc) is 2.62. The summed E-state index contributed by atoms with van der Waals surface area (Å²) in [5.41, 5.74) is 4.94. The third-order valence-corrected chi connectivity index (χ3v) is 4.16. The molecule has 0 amide bonds. The molecule has 2 nitrogen and oxygen atoms in total. The first-order chi connectivity index (χ1) is 7.65. The van der Waals surface area contributed by atoms with E-state index in [1.54, 1.807) is 0 Å². The summed E-state index contributed by atoms with van der Waals surface area (Å²) in [6.45, 7) is 13.1. The maximum Gasteiger partial charge on any atom is 0.0618 e. The summed E-state index contributed by atoms with van der Waals surface area (Å²) in [5, 5.41) is 3.40. The van der Waals surface area contributed by atoms with Crippen LogP contribution in [0.4, 0.5) is 0 Å². The first-order valence-electron chi connectivity index (χ1n) is 6.52. The Balaban J connectivity index is 2.13. The van der Waals surface area contributed by atoms with E-state index in [4.69, 9.17) is 0 Å². The van der Waals surface area contributed by atoms with Crippen molar-refractivity contribution in [3.8, 4) is 0 Å². The molecule has 0 aromatic rings. The number of nitrogens with zero attached hydrogens (tertiary/aromatic N) is 1. The van der Waals surface area contributed by atoms with Gasteiger partial charge in [0.2, 0.25) is 0 Å². The molecule has 1 saturated heterocycles. The van der Waals surface area contributed by atoms with E-state index >= 15 is 0 Å². The number of nitrogens with one attached hydrogen (secondary N) is 1. The van der Waals surface area contributed by atoms with Crippen LogP contribution in [0.5, 0.6) is 0 Å².